The standard InChI is InChI=1S/C22H28O8/c1-6-12(2)19(24)28-16-9-13(3)22(26)8-7-21(5,30-22)10-17-18(16)15(20(25)29-17)11-27-14(4)23/h6,10,13,16,26H,7-9,11H2,1-5H3/b12-6+,17-10+/t13-,16+,21-,22+/m1/s1. The topological polar surface area (TPSA) is 108 Å². The molecule has 2 bridgehead atoms. The summed E-state index contributed by atoms with van der Waals surface area (Å²) in [6.45, 7) is 7.90. The van der Waals surface area contributed by atoms with Crippen LogP contribution in [0.4, 0.5) is 0 Å². The van der Waals surface area contributed by atoms with Gasteiger partial charge in [0.1, 0.15) is 18.5 Å². The Morgan fingerprint density at radius 2 is 2.03 bits per heavy atom. The van der Waals surface area contributed by atoms with Crippen molar-refractivity contribution in [2.75, 3.05) is 6.61 Å². The van der Waals surface area contributed by atoms with Crippen LogP contribution >= 0.6 is 0 Å². The fraction of sp³-hybridized carbons (Fsp3) is 0.591. The van der Waals surface area contributed by atoms with Crippen LogP contribution in [0, 0.1) is 5.92 Å². The van der Waals surface area contributed by atoms with Crippen molar-refractivity contribution in [2.45, 2.75) is 71.4 Å². The zero-order chi connectivity index (χ0) is 22.3. The van der Waals surface area contributed by atoms with Crippen LogP contribution in [0.1, 0.15) is 53.9 Å². The highest BCUT2D eigenvalue weighted by Crippen LogP contribution is 2.47. The van der Waals surface area contributed by atoms with Crippen molar-refractivity contribution >= 4 is 17.9 Å². The van der Waals surface area contributed by atoms with E-state index in [4.69, 9.17) is 18.9 Å². The molecule has 0 aromatic carbocycles. The van der Waals surface area contributed by atoms with Crippen LogP contribution in [-0.2, 0) is 33.3 Å². The third-order valence-electron chi connectivity index (χ3n) is 5.95. The summed E-state index contributed by atoms with van der Waals surface area (Å²) in [5.74, 6) is -3.35. The Labute approximate surface area is 175 Å². The number of allylic oxidation sites excluding steroid dienone is 1. The van der Waals surface area contributed by atoms with E-state index < -0.39 is 41.3 Å². The van der Waals surface area contributed by atoms with Crippen LogP contribution < -0.4 is 0 Å². The Balaban J connectivity index is 2.12. The van der Waals surface area contributed by atoms with Gasteiger partial charge in [-0.15, -0.1) is 0 Å². The lowest BCUT2D eigenvalue weighted by atomic mass is 9.86. The minimum absolute atomic E-state index is 0.118. The van der Waals surface area contributed by atoms with Crippen LogP contribution in [0.3, 0.4) is 0 Å². The van der Waals surface area contributed by atoms with Gasteiger partial charge in [0.05, 0.1) is 11.2 Å². The number of hydrogen-bond donors (Lipinski definition) is 1. The van der Waals surface area contributed by atoms with Crippen LogP contribution in [0.5, 0.6) is 0 Å². The Hall–Kier alpha value is -2.45. The Kier molecular flexibility index (Phi) is 5.93. The molecule has 3 aliphatic rings. The summed E-state index contributed by atoms with van der Waals surface area (Å²) in [5, 5.41) is 11.1. The zero-order valence-corrected chi connectivity index (χ0v) is 17.9. The minimum atomic E-state index is -1.40. The summed E-state index contributed by atoms with van der Waals surface area (Å²) >= 11 is 0. The van der Waals surface area contributed by atoms with E-state index in [0.29, 0.717) is 24.0 Å². The first-order chi connectivity index (χ1) is 14.0. The second kappa shape index (κ2) is 8.00. The van der Waals surface area contributed by atoms with Gasteiger partial charge in [0.2, 0.25) is 0 Å². The molecule has 1 fully saturated rings. The van der Waals surface area contributed by atoms with E-state index in [2.05, 4.69) is 0 Å². The number of esters is 3. The molecule has 1 N–H and O–H groups in total. The number of hydrogen-bond acceptors (Lipinski definition) is 8. The van der Waals surface area contributed by atoms with E-state index in [0.717, 1.165) is 0 Å². The lowest BCUT2D eigenvalue weighted by Gasteiger charge is -2.33. The predicted octanol–water partition coefficient (Wildman–Crippen LogP) is 2.46. The summed E-state index contributed by atoms with van der Waals surface area (Å²) in [6.07, 6.45) is 3.51. The number of rotatable bonds is 4. The van der Waals surface area contributed by atoms with Crippen molar-refractivity contribution in [3.05, 3.63) is 34.6 Å². The molecule has 3 aliphatic heterocycles. The molecule has 3 rings (SSSR count). The molecule has 3 heterocycles. The molecule has 8 nitrogen and oxygen atoms in total. The van der Waals surface area contributed by atoms with Crippen molar-refractivity contribution < 1.29 is 38.4 Å². The average molecular weight is 420 g/mol. The Bertz CT molecular complexity index is 866. The molecule has 0 spiro atoms. The molecule has 4 atom stereocenters. The maximum absolute atomic E-state index is 12.6. The second-order valence-corrected chi connectivity index (χ2v) is 8.33. The third-order valence-corrected chi connectivity index (χ3v) is 5.95. The van der Waals surface area contributed by atoms with Crippen molar-refractivity contribution in [3.8, 4) is 0 Å². The lowest BCUT2D eigenvalue weighted by molar-refractivity contribution is -0.238. The van der Waals surface area contributed by atoms with Gasteiger partial charge in [0.15, 0.2) is 5.79 Å². The maximum atomic E-state index is 12.6. The zero-order valence-electron chi connectivity index (χ0n) is 17.9. The number of aliphatic hydroxyl groups is 1. The van der Waals surface area contributed by atoms with E-state index in [1.807, 2.05) is 6.92 Å². The van der Waals surface area contributed by atoms with Gasteiger partial charge in [-0.25, -0.2) is 9.59 Å². The Morgan fingerprint density at radius 3 is 2.67 bits per heavy atom. The van der Waals surface area contributed by atoms with Crippen molar-refractivity contribution in [1.29, 1.82) is 0 Å². The second-order valence-electron chi connectivity index (χ2n) is 8.33. The normalized spacial score (nSPS) is 35.5. The van der Waals surface area contributed by atoms with Gasteiger partial charge in [-0.2, -0.15) is 0 Å². The molecule has 0 aromatic rings. The van der Waals surface area contributed by atoms with E-state index in [1.165, 1.54) is 6.92 Å². The number of carbonyl (C=O) groups excluding carboxylic acids is 3. The molecule has 30 heavy (non-hydrogen) atoms. The lowest BCUT2D eigenvalue weighted by Crippen LogP contribution is -2.40. The highest BCUT2D eigenvalue weighted by atomic mass is 16.6. The summed E-state index contributed by atoms with van der Waals surface area (Å²) in [4.78, 5) is 36.5. The summed E-state index contributed by atoms with van der Waals surface area (Å²) in [7, 11) is 0. The third kappa shape index (κ3) is 4.20. The first-order valence-corrected chi connectivity index (χ1v) is 10.1. The molecule has 164 valence electrons. The predicted molar refractivity (Wildman–Crippen MR) is 105 cm³/mol. The monoisotopic (exact) mass is 420 g/mol. The van der Waals surface area contributed by atoms with Crippen LogP contribution in [0.25, 0.3) is 0 Å². The molecule has 8 heteroatoms. The Morgan fingerprint density at radius 1 is 1.33 bits per heavy atom. The van der Waals surface area contributed by atoms with Crippen LogP contribution in [0.2, 0.25) is 0 Å². The largest absolute Gasteiger partial charge is 0.461 e. The fourth-order valence-electron chi connectivity index (χ4n) is 3.98. The fourth-order valence-corrected chi connectivity index (χ4v) is 3.98. The van der Waals surface area contributed by atoms with E-state index in [-0.39, 0.29) is 24.4 Å². The highest BCUT2D eigenvalue weighted by molar-refractivity contribution is 5.96. The van der Waals surface area contributed by atoms with Gasteiger partial charge in [-0.05, 0) is 39.7 Å². The van der Waals surface area contributed by atoms with Crippen molar-refractivity contribution in [1.82, 2.24) is 0 Å². The smallest absolute Gasteiger partial charge is 0.343 e. The van der Waals surface area contributed by atoms with E-state index in [9.17, 15) is 19.5 Å². The molecular weight excluding hydrogens is 392 g/mol. The molecule has 0 aromatic heterocycles. The van der Waals surface area contributed by atoms with Crippen LogP contribution in [-0.4, -0.2) is 47.1 Å². The summed E-state index contributed by atoms with van der Waals surface area (Å²) < 4.78 is 22.3. The highest BCUT2D eigenvalue weighted by Gasteiger charge is 2.52. The summed E-state index contributed by atoms with van der Waals surface area (Å²) in [6, 6.07) is 0. The van der Waals surface area contributed by atoms with Crippen molar-refractivity contribution in [2.24, 2.45) is 5.92 Å². The SMILES string of the molecule is C/C=C(\C)C(=O)O[C@H]1C[C@@H](C)[C@]2(O)CC[C@](C)(/C=C3/OC(=O)C(COC(C)=O)=C31)O2. The number of ether oxygens (including phenoxy) is 4. The van der Waals surface area contributed by atoms with Gasteiger partial charge < -0.3 is 24.1 Å². The van der Waals surface area contributed by atoms with Gasteiger partial charge >= 0.3 is 17.9 Å². The molecule has 1 saturated heterocycles. The van der Waals surface area contributed by atoms with Crippen molar-refractivity contribution in [3.63, 3.8) is 0 Å². The molecule has 0 amide bonds. The molecule has 0 saturated carbocycles. The van der Waals surface area contributed by atoms with Gasteiger partial charge in [-0.3, -0.25) is 4.79 Å². The van der Waals surface area contributed by atoms with E-state index in [1.54, 1.807) is 32.9 Å². The molecular formula is C22H28O8. The average Bonchev–Trinajstić information content (AvgIpc) is 3.14. The number of carbonyl (C=O) groups is 3. The maximum Gasteiger partial charge on any atom is 0.343 e. The minimum Gasteiger partial charge on any atom is -0.461 e. The number of fused-ring (bicyclic) bond motifs is 3. The van der Waals surface area contributed by atoms with Gasteiger partial charge in [0.25, 0.3) is 0 Å². The molecule has 0 aliphatic carbocycles. The van der Waals surface area contributed by atoms with Crippen LogP contribution in [0.15, 0.2) is 34.6 Å². The molecule has 0 unspecified atom stereocenters. The van der Waals surface area contributed by atoms with E-state index >= 15 is 0 Å². The van der Waals surface area contributed by atoms with Gasteiger partial charge in [0, 0.05) is 30.4 Å². The van der Waals surface area contributed by atoms with Gasteiger partial charge in [-0.1, -0.05) is 13.0 Å². The quantitative estimate of drug-likeness (QED) is 0.420. The summed E-state index contributed by atoms with van der Waals surface area (Å²) in [5.41, 5.74) is 0.0157. The first-order valence-electron chi connectivity index (χ1n) is 10.1. The molecule has 0 radical (unpaired) electrons. The first kappa shape index (κ1) is 22.2.